The summed E-state index contributed by atoms with van der Waals surface area (Å²) in [5.41, 5.74) is 1.74. The van der Waals surface area contributed by atoms with Gasteiger partial charge in [0.1, 0.15) is 5.82 Å². The monoisotopic (exact) mass is 328 g/mol. The molecule has 0 aliphatic rings. The smallest absolute Gasteiger partial charge is 0.225 e. The highest BCUT2D eigenvalue weighted by molar-refractivity contribution is 5.79. The van der Waals surface area contributed by atoms with Gasteiger partial charge in [0.15, 0.2) is 0 Å². The van der Waals surface area contributed by atoms with E-state index in [4.69, 9.17) is 0 Å². The van der Waals surface area contributed by atoms with Gasteiger partial charge in [0, 0.05) is 20.5 Å². The van der Waals surface area contributed by atoms with Crippen molar-refractivity contribution in [2.75, 3.05) is 7.05 Å². The molecule has 1 N–H and O–H groups in total. The normalized spacial score (nSPS) is 11.6. The Morgan fingerprint density at radius 2 is 1.71 bits per heavy atom. The minimum absolute atomic E-state index is 0.0954. The number of nitrogens with one attached hydrogen (secondary N) is 1. The Labute approximate surface area is 141 Å². The maximum absolute atomic E-state index is 12.9. The molecule has 0 bridgehead atoms. The maximum atomic E-state index is 12.9. The quantitative estimate of drug-likeness (QED) is 0.886. The second-order valence-electron chi connectivity index (χ2n) is 5.74. The van der Waals surface area contributed by atoms with Crippen molar-refractivity contribution in [1.29, 1.82) is 0 Å². The largest absolute Gasteiger partial charge is 0.349 e. The van der Waals surface area contributed by atoms with Crippen LogP contribution in [0.15, 0.2) is 54.6 Å². The summed E-state index contributed by atoms with van der Waals surface area (Å²) < 4.78 is 12.9. The SMILES string of the molecule is CC(=O)NC(CC(=O)N(C)Cc1ccc(F)cc1)c1ccccc1. The number of halogens is 1. The average Bonchev–Trinajstić information content (AvgIpc) is 2.56. The molecule has 0 radical (unpaired) electrons. The molecular weight excluding hydrogens is 307 g/mol. The van der Waals surface area contributed by atoms with Gasteiger partial charge in [-0.05, 0) is 23.3 Å². The number of rotatable bonds is 6. The van der Waals surface area contributed by atoms with Crippen LogP contribution in [0.1, 0.15) is 30.5 Å². The van der Waals surface area contributed by atoms with E-state index in [1.165, 1.54) is 19.1 Å². The van der Waals surface area contributed by atoms with Gasteiger partial charge in [0.05, 0.1) is 12.5 Å². The summed E-state index contributed by atoms with van der Waals surface area (Å²) in [6.45, 7) is 1.82. The van der Waals surface area contributed by atoms with Crippen molar-refractivity contribution in [3.63, 3.8) is 0 Å². The molecule has 1 unspecified atom stereocenters. The van der Waals surface area contributed by atoms with Crippen LogP contribution < -0.4 is 5.32 Å². The molecule has 2 aromatic rings. The molecule has 4 nitrogen and oxygen atoms in total. The Bertz CT molecular complexity index is 686. The number of amides is 2. The van der Waals surface area contributed by atoms with Gasteiger partial charge in [-0.15, -0.1) is 0 Å². The molecule has 24 heavy (non-hydrogen) atoms. The molecule has 2 rings (SSSR count). The first-order valence-corrected chi connectivity index (χ1v) is 7.76. The third kappa shape index (κ3) is 5.19. The Kier molecular flexibility index (Phi) is 6.07. The molecule has 0 fully saturated rings. The summed E-state index contributed by atoms with van der Waals surface area (Å²) in [6.07, 6.45) is 0.168. The van der Waals surface area contributed by atoms with E-state index in [-0.39, 0.29) is 30.1 Å². The van der Waals surface area contributed by atoms with Crippen LogP contribution in [0.5, 0.6) is 0 Å². The van der Waals surface area contributed by atoms with Crippen molar-refractivity contribution in [1.82, 2.24) is 10.2 Å². The lowest BCUT2D eigenvalue weighted by Gasteiger charge is -2.22. The molecule has 2 aromatic carbocycles. The van der Waals surface area contributed by atoms with Crippen LogP contribution in [0.4, 0.5) is 4.39 Å². The zero-order valence-corrected chi connectivity index (χ0v) is 13.8. The van der Waals surface area contributed by atoms with Crippen LogP contribution in [-0.4, -0.2) is 23.8 Å². The first-order valence-electron chi connectivity index (χ1n) is 7.76. The van der Waals surface area contributed by atoms with Gasteiger partial charge >= 0.3 is 0 Å². The highest BCUT2D eigenvalue weighted by Crippen LogP contribution is 2.18. The van der Waals surface area contributed by atoms with Crippen molar-refractivity contribution in [3.05, 3.63) is 71.5 Å². The molecule has 0 aliphatic carbocycles. The van der Waals surface area contributed by atoms with Crippen molar-refractivity contribution in [3.8, 4) is 0 Å². The first-order chi connectivity index (χ1) is 11.5. The summed E-state index contributed by atoms with van der Waals surface area (Å²) in [6, 6.07) is 15.1. The van der Waals surface area contributed by atoms with Crippen molar-refractivity contribution in [2.24, 2.45) is 0 Å². The fourth-order valence-electron chi connectivity index (χ4n) is 2.47. The van der Waals surface area contributed by atoms with E-state index in [0.717, 1.165) is 11.1 Å². The van der Waals surface area contributed by atoms with E-state index in [0.29, 0.717) is 6.54 Å². The van der Waals surface area contributed by atoms with Gasteiger partial charge in [-0.2, -0.15) is 0 Å². The standard InChI is InChI=1S/C19H21FN2O2/c1-14(23)21-18(16-6-4-3-5-7-16)12-19(24)22(2)13-15-8-10-17(20)11-9-15/h3-11,18H,12-13H2,1-2H3,(H,21,23). The average molecular weight is 328 g/mol. The highest BCUT2D eigenvalue weighted by Gasteiger charge is 2.19. The number of nitrogens with zero attached hydrogens (tertiary/aromatic N) is 1. The predicted octanol–water partition coefficient (Wildman–Crippen LogP) is 3.05. The predicted molar refractivity (Wildman–Crippen MR) is 90.5 cm³/mol. The van der Waals surface area contributed by atoms with Gasteiger partial charge in [-0.25, -0.2) is 4.39 Å². The summed E-state index contributed by atoms with van der Waals surface area (Å²) in [4.78, 5) is 25.5. The minimum atomic E-state index is -0.369. The summed E-state index contributed by atoms with van der Waals surface area (Å²) in [5.74, 6) is -0.581. The molecule has 0 aromatic heterocycles. The number of hydrogen-bond donors (Lipinski definition) is 1. The van der Waals surface area contributed by atoms with E-state index in [2.05, 4.69) is 5.32 Å². The van der Waals surface area contributed by atoms with E-state index < -0.39 is 0 Å². The summed E-state index contributed by atoms with van der Waals surface area (Å²) in [7, 11) is 1.70. The van der Waals surface area contributed by atoms with Gasteiger partial charge in [-0.3, -0.25) is 9.59 Å². The van der Waals surface area contributed by atoms with Crippen molar-refractivity contribution >= 4 is 11.8 Å². The Balaban J connectivity index is 2.03. The lowest BCUT2D eigenvalue weighted by atomic mass is 10.0. The lowest BCUT2D eigenvalue weighted by Crippen LogP contribution is -2.33. The minimum Gasteiger partial charge on any atom is -0.349 e. The van der Waals surface area contributed by atoms with Gasteiger partial charge in [-0.1, -0.05) is 42.5 Å². The fraction of sp³-hybridized carbons (Fsp3) is 0.263. The molecule has 5 heteroatoms. The first kappa shape index (κ1) is 17.7. The third-order valence-corrected chi connectivity index (χ3v) is 3.72. The topological polar surface area (TPSA) is 49.4 Å². The molecule has 0 spiro atoms. The van der Waals surface area contributed by atoms with Crippen LogP contribution in [0.2, 0.25) is 0 Å². The molecular formula is C19H21FN2O2. The molecule has 2 amide bonds. The summed E-state index contributed by atoms with van der Waals surface area (Å²) in [5, 5.41) is 2.82. The fourth-order valence-corrected chi connectivity index (χ4v) is 2.47. The molecule has 1 atom stereocenters. The Hall–Kier alpha value is -2.69. The number of carbonyl (C=O) groups is 2. The second-order valence-corrected chi connectivity index (χ2v) is 5.74. The van der Waals surface area contributed by atoms with Crippen LogP contribution in [-0.2, 0) is 16.1 Å². The zero-order valence-electron chi connectivity index (χ0n) is 13.8. The Morgan fingerprint density at radius 3 is 2.29 bits per heavy atom. The highest BCUT2D eigenvalue weighted by atomic mass is 19.1. The van der Waals surface area contributed by atoms with Crippen LogP contribution in [0, 0.1) is 5.82 Å². The van der Waals surface area contributed by atoms with Gasteiger partial charge in [0.25, 0.3) is 0 Å². The van der Waals surface area contributed by atoms with Crippen molar-refractivity contribution < 1.29 is 14.0 Å². The molecule has 126 valence electrons. The van der Waals surface area contributed by atoms with Crippen molar-refractivity contribution in [2.45, 2.75) is 25.9 Å². The van der Waals surface area contributed by atoms with Crippen LogP contribution in [0.25, 0.3) is 0 Å². The van der Waals surface area contributed by atoms with E-state index in [9.17, 15) is 14.0 Å². The molecule has 0 saturated heterocycles. The molecule has 0 heterocycles. The lowest BCUT2D eigenvalue weighted by molar-refractivity contribution is -0.131. The third-order valence-electron chi connectivity index (χ3n) is 3.72. The molecule has 0 aliphatic heterocycles. The Morgan fingerprint density at radius 1 is 1.08 bits per heavy atom. The molecule has 0 saturated carbocycles. The van der Waals surface area contributed by atoms with E-state index >= 15 is 0 Å². The van der Waals surface area contributed by atoms with E-state index in [1.807, 2.05) is 30.3 Å². The summed E-state index contributed by atoms with van der Waals surface area (Å²) >= 11 is 0. The zero-order chi connectivity index (χ0) is 17.5. The maximum Gasteiger partial charge on any atom is 0.225 e. The van der Waals surface area contributed by atoms with Crippen LogP contribution >= 0.6 is 0 Å². The van der Waals surface area contributed by atoms with Gasteiger partial charge in [0.2, 0.25) is 11.8 Å². The van der Waals surface area contributed by atoms with E-state index in [1.54, 1.807) is 24.1 Å². The number of hydrogen-bond acceptors (Lipinski definition) is 2. The van der Waals surface area contributed by atoms with Crippen LogP contribution in [0.3, 0.4) is 0 Å². The van der Waals surface area contributed by atoms with Gasteiger partial charge < -0.3 is 10.2 Å². The number of carbonyl (C=O) groups excluding carboxylic acids is 2. The number of benzene rings is 2. The second kappa shape index (κ2) is 8.24.